The highest BCUT2D eigenvalue weighted by Crippen LogP contribution is 2.04. The minimum atomic E-state index is -0.285. The quantitative estimate of drug-likeness (QED) is 0.636. The SMILES string of the molecule is CCCCC(O)Br. The van der Waals surface area contributed by atoms with Crippen molar-refractivity contribution in [2.75, 3.05) is 0 Å². The Kier molecular flexibility index (Phi) is 4.88. The minimum Gasteiger partial charge on any atom is -0.382 e. The van der Waals surface area contributed by atoms with Crippen LogP contribution in [-0.4, -0.2) is 10.1 Å². The van der Waals surface area contributed by atoms with Gasteiger partial charge in [0.15, 0.2) is 0 Å². The summed E-state index contributed by atoms with van der Waals surface area (Å²) in [6.07, 6.45) is 3.13. The van der Waals surface area contributed by atoms with E-state index in [2.05, 4.69) is 22.9 Å². The van der Waals surface area contributed by atoms with Crippen molar-refractivity contribution in [3.63, 3.8) is 0 Å². The molecule has 0 amide bonds. The first-order valence-electron chi connectivity index (χ1n) is 2.59. The Morgan fingerprint density at radius 1 is 1.71 bits per heavy atom. The molecule has 1 nitrogen and oxygen atoms in total. The number of aliphatic hydroxyl groups excluding tert-OH is 1. The van der Waals surface area contributed by atoms with E-state index in [-0.39, 0.29) is 5.01 Å². The van der Waals surface area contributed by atoms with Crippen molar-refractivity contribution in [2.45, 2.75) is 31.2 Å². The third-order valence-corrected chi connectivity index (χ3v) is 1.25. The van der Waals surface area contributed by atoms with E-state index in [0.29, 0.717) is 0 Å². The molecule has 0 aromatic carbocycles. The summed E-state index contributed by atoms with van der Waals surface area (Å²) in [6.45, 7) is 2.11. The Hall–Kier alpha value is 0.440. The molecule has 0 saturated carbocycles. The van der Waals surface area contributed by atoms with Gasteiger partial charge in [-0.15, -0.1) is 0 Å². The highest BCUT2D eigenvalue weighted by atomic mass is 79.9. The second-order valence-electron chi connectivity index (χ2n) is 1.58. The Bertz CT molecular complexity index is 37.1. The van der Waals surface area contributed by atoms with Gasteiger partial charge in [0.05, 0.1) is 0 Å². The molecule has 0 fully saturated rings. The second kappa shape index (κ2) is 4.60. The first kappa shape index (κ1) is 7.44. The zero-order chi connectivity index (χ0) is 5.70. The molecule has 7 heavy (non-hydrogen) atoms. The van der Waals surface area contributed by atoms with Crippen LogP contribution in [0.5, 0.6) is 0 Å². The predicted molar refractivity (Wildman–Crippen MR) is 34.5 cm³/mol. The Balaban J connectivity index is 2.68. The monoisotopic (exact) mass is 166 g/mol. The van der Waals surface area contributed by atoms with Gasteiger partial charge >= 0.3 is 0 Å². The summed E-state index contributed by atoms with van der Waals surface area (Å²) in [5.41, 5.74) is 0. The van der Waals surface area contributed by atoms with Gasteiger partial charge in [-0.3, -0.25) is 0 Å². The molecule has 44 valence electrons. The summed E-state index contributed by atoms with van der Waals surface area (Å²) >= 11 is 3.03. The van der Waals surface area contributed by atoms with Crippen molar-refractivity contribution in [1.82, 2.24) is 0 Å². The van der Waals surface area contributed by atoms with Crippen LogP contribution < -0.4 is 0 Å². The van der Waals surface area contributed by atoms with E-state index >= 15 is 0 Å². The highest BCUT2D eigenvalue weighted by Gasteiger charge is 1.92. The molecule has 1 atom stereocenters. The molecule has 0 radical (unpaired) electrons. The minimum absolute atomic E-state index is 0.285. The summed E-state index contributed by atoms with van der Waals surface area (Å²) in [5.74, 6) is 0. The van der Waals surface area contributed by atoms with Crippen LogP contribution in [0, 0.1) is 0 Å². The van der Waals surface area contributed by atoms with Crippen LogP contribution in [0.4, 0.5) is 0 Å². The van der Waals surface area contributed by atoms with Gasteiger partial charge in [-0.25, -0.2) is 0 Å². The van der Waals surface area contributed by atoms with Gasteiger partial charge in [-0.2, -0.15) is 0 Å². The van der Waals surface area contributed by atoms with Gasteiger partial charge in [0, 0.05) is 0 Å². The molecule has 0 heterocycles. The molecule has 0 aliphatic heterocycles. The van der Waals surface area contributed by atoms with Crippen molar-refractivity contribution in [3.05, 3.63) is 0 Å². The molecule has 0 spiro atoms. The van der Waals surface area contributed by atoms with Crippen LogP contribution in [0.25, 0.3) is 0 Å². The summed E-state index contributed by atoms with van der Waals surface area (Å²) in [7, 11) is 0. The van der Waals surface area contributed by atoms with Gasteiger partial charge in [0.25, 0.3) is 0 Å². The molecule has 1 unspecified atom stereocenters. The van der Waals surface area contributed by atoms with Crippen LogP contribution in [-0.2, 0) is 0 Å². The van der Waals surface area contributed by atoms with Gasteiger partial charge in [-0.1, -0.05) is 35.7 Å². The lowest BCUT2D eigenvalue weighted by molar-refractivity contribution is 0.255. The van der Waals surface area contributed by atoms with Gasteiger partial charge < -0.3 is 5.11 Å². The van der Waals surface area contributed by atoms with Crippen molar-refractivity contribution in [3.8, 4) is 0 Å². The zero-order valence-electron chi connectivity index (χ0n) is 4.52. The predicted octanol–water partition coefficient (Wildman–Crippen LogP) is 1.89. The van der Waals surface area contributed by atoms with E-state index in [1.54, 1.807) is 0 Å². The van der Waals surface area contributed by atoms with Crippen molar-refractivity contribution < 1.29 is 5.11 Å². The molecule has 0 bridgehead atoms. The standard InChI is InChI=1S/C5H11BrO/c1-2-3-4-5(6)7/h5,7H,2-4H2,1H3. The van der Waals surface area contributed by atoms with Crippen LogP contribution in [0.2, 0.25) is 0 Å². The number of halogens is 1. The van der Waals surface area contributed by atoms with E-state index in [9.17, 15) is 0 Å². The first-order chi connectivity index (χ1) is 3.27. The molecular weight excluding hydrogens is 156 g/mol. The zero-order valence-corrected chi connectivity index (χ0v) is 6.11. The molecule has 0 aliphatic carbocycles. The van der Waals surface area contributed by atoms with Crippen molar-refractivity contribution in [2.24, 2.45) is 0 Å². The lowest BCUT2D eigenvalue weighted by Gasteiger charge is -1.96. The number of aliphatic hydroxyl groups is 1. The molecule has 1 N–H and O–H groups in total. The molecule has 2 heteroatoms. The van der Waals surface area contributed by atoms with Gasteiger partial charge in [0.1, 0.15) is 5.01 Å². The first-order valence-corrected chi connectivity index (χ1v) is 3.51. The average Bonchev–Trinajstić information content (AvgIpc) is 1.61. The Morgan fingerprint density at radius 2 is 2.29 bits per heavy atom. The number of hydrogen-bond donors (Lipinski definition) is 1. The van der Waals surface area contributed by atoms with Crippen molar-refractivity contribution in [1.29, 1.82) is 0 Å². The normalized spacial score (nSPS) is 14.1. The Morgan fingerprint density at radius 3 is 2.43 bits per heavy atom. The smallest absolute Gasteiger partial charge is 0.109 e. The van der Waals surface area contributed by atoms with Crippen molar-refractivity contribution >= 4 is 15.9 Å². The van der Waals surface area contributed by atoms with E-state index in [0.717, 1.165) is 19.3 Å². The van der Waals surface area contributed by atoms with E-state index in [1.165, 1.54) is 0 Å². The maximum Gasteiger partial charge on any atom is 0.109 e. The maximum atomic E-state index is 8.60. The summed E-state index contributed by atoms with van der Waals surface area (Å²) in [6, 6.07) is 0. The fourth-order valence-electron chi connectivity index (χ4n) is 0.373. The summed E-state index contributed by atoms with van der Waals surface area (Å²) < 4.78 is 0. The molecule has 0 saturated heterocycles. The second-order valence-corrected chi connectivity index (χ2v) is 2.63. The van der Waals surface area contributed by atoms with Gasteiger partial charge in [-0.05, 0) is 6.42 Å². The largest absolute Gasteiger partial charge is 0.382 e. The lowest BCUT2D eigenvalue weighted by atomic mass is 10.3. The molecule has 0 rings (SSSR count). The van der Waals surface area contributed by atoms with E-state index in [4.69, 9.17) is 5.11 Å². The summed E-state index contributed by atoms with van der Waals surface area (Å²) in [4.78, 5) is 0. The fourth-order valence-corrected chi connectivity index (χ4v) is 0.696. The van der Waals surface area contributed by atoms with E-state index < -0.39 is 0 Å². The van der Waals surface area contributed by atoms with E-state index in [1.807, 2.05) is 0 Å². The molecule has 0 aliphatic rings. The third-order valence-electron chi connectivity index (χ3n) is 0.796. The lowest BCUT2D eigenvalue weighted by Crippen LogP contribution is -1.92. The number of unbranched alkanes of at least 4 members (excludes halogenated alkanes) is 1. The van der Waals surface area contributed by atoms with Crippen LogP contribution in [0.1, 0.15) is 26.2 Å². The number of rotatable bonds is 3. The summed E-state index contributed by atoms with van der Waals surface area (Å²) in [5, 5.41) is 8.32. The topological polar surface area (TPSA) is 20.2 Å². The van der Waals surface area contributed by atoms with Crippen LogP contribution in [0.3, 0.4) is 0 Å². The number of alkyl halides is 1. The fraction of sp³-hybridized carbons (Fsp3) is 1.00. The number of hydrogen-bond acceptors (Lipinski definition) is 1. The van der Waals surface area contributed by atoms with Crippen LogP contribution >= 0.6 is 15.9 Å². The molecular formula is C5H11BrO. The molecule has 0 aromatic heterocycles. The third kappa shape index (κ3) is 6.44. The molecule has 0 aromatic rings. The maximum absolute atomic E-state index is 8.60. The van der Waals surface area contributed by atoms with Gasteiger partial charge in [0.2, 0.25) is 0 Å². The average molecular weight is 167 g/mol. The Labute approximate surface area is 52.9 Å². The highest BCUT2D eigenvalue weighted by molar-refractivity contribution is 9.09. The van der Waals surface area contributed by atoms with Crippen LogP contribution in [0.15, 0.2) is 0 Å².